The number of nitrogens with zero attached hydrogens (tertiary/aromatic N) is 2. The van der Waals surface area contributed by atoms with Crippen molar-refractivity contribution < 1.29 is 22.7 Å². The van der Waals surface area contributed by atoms with Crippen LogP contribution in [-0.2, 0) is 26.1 Å². The fourth-order valence-corrected chi connectivity index (χ4v) is 5.10. The van der Waals surface area contributed by atoms with E-state index >= 15 is 0 Å². The van der Waals surface area contributed by atoms with E-state index in [-0.39, 0.29) is 10.8 Å². The molecule has 0 atom stereocenters. The summed E-state index contributed by atoms with van der Waals surface area (Å²) in [5.41, 5.74) is 2.69. The van der Waals surface area contributed by atoms with Gasteiger partial charge in [-0.2, -0.15) is 4.31 Å². The first-order valence-corrected chi connectivity index (χ1v) is 12.2. The fourth-order valence-electron chi connectivity index (χ4n) is 3.67. The van der Waals surface area contributed by atoms with Crippen molar-refractivity contribution in [1.82, 2.24) is 4.31 Å². The maximum atomic E-state index is 13.1. The van der Waals surface area contributed by atoms with Crippen LogP contribution in [0.15, 0.2) is 47.4 Å². The Morgan fingerprint density at radius 2 is 1.75 bits per heavy atom. The number of sulfonamides is 1. The standard InChI is InChI=1S/C23H31N3O5S/c1-4-25(5-2)22-11-10-20(32(28,29)26-12-14-31-15-13-26)16-21(22)24-23(27)19-8-6-18(7-9-19)17-30-3/h6-11,16H,4-5,12-15,17H2,1-3H3,(H,24,27). The van der Waals surface area contributed by atoms with E-state index in [9.17, 15) is 13.2 Å². The van der Waals surface area contributed by atoms with Crippen molar-refractivity contribution in [2.75, 3.05) is 56.7 Å². The van der Waals surface area contributed by atoms with Crippen LogP contribution in [0.4, 0.5) is 11.4 Å². The van der Waals surface area contributed by atoms with Gasteiger partial charge in [-0.15, -0.1) is 0 Å². The molecular weight excluding hydrogens is 430 g/mol. The number of ether oxygens (including phenoxy) is 2. The van der Waals surface area contributed by atoms with Gasteiger partial charge >= 0.3 is 0 Å². The van der Waals surface area contributed by atoms with Crippen molar-refractivity contribution >= 4 is 27.3 Å². The van der Waals surface area contributed by atoms with E-state index in [0.717, 1.165) is 24.3 Å². The van der Waals surface area contributed by atoms with Gasteiger partial charge in [0, 0.05) is 38.9 Å². The lowest BCUT2D eigenvalue weighted by atomic mass is 10.1. The maximum absolute atomic E-state index is 13.1. The molecule has 1 heterocycles. The highest BCUT2D eigenvalue weighted by Crippen LogP contribution is 2.31. The largest absolute Gasteiger partial charge is 0.380 e. The first-order valence-electron chi connectivity index (χ1n) is 10.8. The molecule has 8 nitrogen and oxygen atoms in total. The number of methoxy groups -OCH3 is 1. The van der Waals surface area contributed by atoms with E-state index in [1.807, 2.05) is 26.0 Å². The molecule has 1 amide bonds. The van der Waals surface area contributed by atoms with E-state index in [4.69, 9.17) is 9.47 Å². The lowest BCUT2D eigenvalue weighted by molar-refractivity contribution is 0.0730. The Morgan fingerprint density at radius 3 is 2.34 bits per heavy atom. The molecule has 3 rings (SSSR count). The topological polar surface area (TPSA) is 88.2 Å². The monoisotopic (exact) mass is 461 g/mol. The van der Waals surface area contributed by atoms with Crippen molar-refractivity contribution in [1.29, 1.82) is 0 Å². The van der Waals surface area contributed by atoms with Gasteiger partial charge in [-0.1, -0.05) is 12.1 Å². The molecule has 32 heavy (non-hydrogen) atoms. The quantitative estimate of drug-likeness (QED) is 0.618. The predicted octanol–water partition coefficient (Wildman–Crippen LogP) is 2.95. The van der Waals surface area contributed by atoms with Crippen LogP contribution in [0.3, 0.4) is 0 Å². The third-order valence-electron chi connectivity index (χ3n) is 5.46. The Kier molecular flexibility index (Phi) is 8.25. The van der Waals surface area contributed by atoms with Gasteiger partial charge in [0.05, 0.1) is 36.1 Å². The van der Waals surface area contributed by atoms with Crippen molar-refractivity contribution in [3.05, 3.63) is 53.6 Å². The Labute approximate surface area is 190 Å². The second-order valence-corrected chi connectivity index (χ2v) is 9.39. The minimum atomic E-state index is -3.68. The third-order valence-corrected chi connectivity index (χ3v) is 7.35. The van der Waals surface area contributed by atoms with Crippen molar-refractivity contribution in [3.8, 4) is 0 Å². The van der Waals surface area contributed by atoms with Gasteiger partial charge in [0.25, 0.3) is 5.91 Å². The average molecular weight is 462 g/mol. The molecule has 1 fully saturated rings. The molecule has 2 aromatic carbocycles. The van der Waals surface area contributed by atoms with Crippen LogP contribution in [0.25, 0.3) is 0 Å². The number of nitrogens with one attached hydrogen (secondary N) is 1. The van der Waals surface area contributed by atoms with Crippen molar-refractivity contribution in [3.63, 3.8) is 0 Å². The van der Waals surface area contributed by atoms with Gasteiger partial charge in [-0.05, 0) is 49.7 Å². The van der Waals surface area contributed by atoms with Gasteiger partial charge in [-0.25, -0.2) is 8.42 Å². The average Bonchev–Trinajstić information content (AvgIpc) is 2.82. The molecule has 0 spiro atoms. The molecule has 0 aromatic heterocycles. The summed E-state index contributed by atoms with van der Waals surface area (Å²) in [5, 5.41) is 2.92. The number of carbonyl (C=O) groups is 1. The molecule has 1 N–H and O–H groups in total. The number of benzene rings is 2. The van der Waals surface area contributed by atoms with E-state index in [1.54, 1.807) is 37.4 Å². The van der Waals surface area contributed by atoms with Gasteiger partial charge in [0.1, 0.15) is 0 Å². The van der Waals surface area contributed by atoms with Gasteiger partial charge in [-0.3, -0.25) is 4.79 Å². The smallest absolute Gasteiger partial charge is 0.255 e. The summed E-state index contributed by atoms with van der Waals surface area (Å²) < 4.78 is 38.1. The zero-order valence-electron chi connectivity index (χ0n) is 18.8. The van der Waals surface area contributed by atoms with Gasteiger partial charge < -0.3 is 19.7 Å². The lowest BCUT2D eigenvalue weighted by Gasteiger charge is -2.28. The van der Waals surface area contributed by atoms with E-state index in [2.05, 4.69) is 10.2 Å². The van der Waals surface area contributed by atoms with E-state index < -0.39 is 10.0 Å². The molecule has 174 valence electrons. The first kappa shape index (κ1) is 24.2. The van der Waals surface area contributed by atoms with Crippen molar-refractivity contribution in [2.24, 2.45) is 0 Å². The Balaban J connectivity index is 1.93. The fraction of sp³-hybridized carbons (Fsp3) is 0.435. The molecule has 0 saturated carbocycles. The predicted molar refractivity (Wildman–Crippen MR) is 125 cm³/mol. The lowest BCUT2D eigenvalue weighted by Crippen LogP contribution is -2.40. The van der Waals surface area contributed by atoms with Crippen LogP contribution in [-0.4, -0.2) is 65.1 Å². The van der Waals surface area contributed by atoms with Gasteiger partial charge in [0.15, 0.2) is 0 Å². The van der Waals surface area contributed by atoms with E-state index in [1.165, 1.54) is 4.31 Å². The number of rotatable bonds is 9. The summed E-state index contributed by atoms with van der Waals surface area (Å²) in [5.74, 6) is -0.303. The highest BCUT2D eigenvalue weighted by Gasteiger charge is 2.27. The number of carbonyl (C=O) groups excluding carboxylic acids is 1. The molecule has 9 heteroatoms. The number of morpholine rings is 1. The summed E-state index contributed by atoms with van der Waals surface area (Å²) >= 11 is 0. The van der Waals surface area contributed by atoms with Crippen LogP contribution in [0.1, 0.15) is 29.8 Å². The van der Waals surface area contributed by atoms with E-state index in [0.29, 0.717) is 44.2 Å². The highest BCUT2D eigenvalue weighted by atomic mass is 32.2. The molecular formula is C23H31N3O5S. The Morgan fingerprint density at radius 1 is 1.09 bits per heavy atom. The molecule has 1 aliphatic heterocycles. The van der Waals surface area contributed by atoms with Crippen LogP contribution in [0.2, 0.25) is 0 Å². The summed E-state index contributed by atoms with van der Waals surface area (Å²) in [4.78, 5) is 15.2. The first-order chi connectivity index (χ1) is 15.4. The summed E-state index contributed by atoms with van der Waals surface area (Å²) in [6.07, 6.45) is 0. The second-order valence-electron chi connectivity index (χ2n) is 7.45. The summed E-state index contributed by atoms with van der Waals surface area (Å²) in [7, 11) is -2.06. The normalized spacial score (nSPS) is 14.8. The molecule has 0 aliphatic carbocycles. The number of amides is 1. The number of anilines is 2. The Bertz CT molecular complexity index is 1010. The van der Waals surface area contributed by atoms with Crippen LogP contribution in [0, 0.1) is 0 Å². The minimum absolute atomic E-state index is 0.154. The third kappa shape index (κ3) is 5.47. The molecule has 0 unspecified atom stereocenters. The zero-order valence-corrected chi connectivity index (χ0v) is 19.7. The molecule has 0 radical (unpaired) electrons. The summed E-state index contributed by atoms with van der Waals surface area (Å²) in [6, 6.07) is 12.1. The van der Waals surface area contributed by atoms with Crippen molar-refractivity contribution in [2.45, 2.75) is 25.3 Å². The molecule has 1 aliphatic rings. The Hall–Kier alpha value is -2.46. The highest BCUT2D eigenvalue weighted by molar-refractivity contribution is 7.89. The van der Waals surface area contributed by atoms with Crippen LogP contribution in [0.5, 0.6) is 0 Å². The number of hydrogen-bond donors (Lipinski definition) is 1. The summed E-state index contributed by atoms with van der Waals surface area (Å²) in [6.45, 7) is 7.32. The molecule has 2 aromatic rings. The number of hydrogen-bond acceptors (Lipinski definition) is 6. The second kappa shape index (κ2) is 10.9. The molecule has 1 saturated heterocycles. The zero-order chi connectivity index (χ0) is 23.1. The minimum Gasteiger partial charge on any atom is -0.380 e. The van der Waals surface area contributed by atoms with Gasteiger partial charge in [0.2, 0.25) is 10.0 Å². The SMILES string of the molecule is CCN(CC)c1ccc(S(=O)(=O)N2CCOCC2)cc1NC(=O)c1ccc(COC)cc1. The maximum Gasteiger partial charge on any atom is 0.255 e. The van der Waals surface area contributed by atoms with Crippen LogP contribution < -0.4 is 10.2 Å². The molecule has 0 bridgehead atoms. The van der Waals surface area contributed by atoms with Crippen LogP contribution >= 0.6 is 0 Å².